The van der Waals surface area contributed by atoms with Gasteiger partial charge in [0.25, 0.3) is 0 Å². The van der Waals surface area contributed by atoms with Crippen molar-refractivity contribution in [2.45, 2.75) is 6.92 Å². The second-order valence-electron chi connectivity index (χ2n) is 5.16. The van der Waals surface area contributed by atoms with Crippen LogP contribution in [0.3, 0.4) is 0 Å². The lowest BCUT2D eigenvalue weighted by atomic mass is 10.1. The normalized spacial score (nSPS) is 10.7. The number of rotatable bonds is 3. The van der Waals surface area contributed by atoms with Crippen molar-refractivity contribution in [1.29, 1.82) is 0 Å². The number of nitrogens with zero attached hydrogens (tertiary/aromatic N) is 3. The second-order valence-corrected chi connectivity index (χ2v) is 5.56. The van der Waals surface area contributed by atoms with Gasteiger partial charge in [-0.05, 0) is 30.7 Å². The number of pyridine rings is 1. The second kappa shape index (κ2) is 5.81. The molecule has 3 aromatic rings. The van der Waals surface area contributed by atoms with E-state index < -0.39 is 0 Å². The average molecular weight is 313 g/mol. The summed E-state index contributed by atoms with van der Waals surface area (Å²) in [4.78, 5) is 9.09. The van der Waals surface area contributed by atoms with Crippen molar-refractivity contribution in [2.24, 2.45) is 7.05 Å². The van der Waals surface area contributed by atoms with Gasteiger partial charge in [-0.25, -0.2) is 9.97 Å². The number of hydrogen-bond donors (Lipinski definition) is 1. The van der Waals surface area contributed by atoms with E-state index in [1.54, 1.807) is 0 Å². The van der Waals surface area contributed by atoms with Crippen LogP contribution in [-0.4, -0.2) is 21.6 Å². The molecule has 0 saturated heterocycles. The van der Waals surface area contributed by atoms with E-state index in [0.29, 0.717) is 0 Å². The zero-order valence-electron chi connectivity index (χ0n) is 12.8. The number of aromatic nitrogens is 3. The molecule has 0 bridgehead atoms. The fraction of sp³-hybridized carbons (Fsp3) is 0.176. The maximum absolute atomic E-state index is 6.21. The zero-order chi connectivity index (χ0) is 15.7. The Kier molecular flexibility index (Phi) is 3.86. The molecule has 0 unspecified atom stereocenters. The molecule has 0 radical (unpaired) electrons. The minimum Gasteiger partial charge on any atom is -0.373 e. The molecule has 5 heteroatoms. The molecular formula is C17H17ClN4. The number of benzene rings is 1. The SMILES string of the molecule is CNc1ccc(-c2nc(-c3cccc(Cl)c3C)cn2C)cn1. The topological polar surface area (TPSA) is 42.7 Å². The summed E-state index contributed by atoms with van der Waals surface area (Å²) < 4.78 is 2.01. The van der Waals surface area contributed by atoms with Crippen LogP contribution in [0.25, 0.3) is 22.6 Å². The Morgan fingerprint density at radius 2 is 2.00 bits per heavy atom. The van der Waals surface area contributed by atoms with Crippen molar-refractivity contribution in [3.05, 3.63) is 53.3 Å². The number of hydrogen-bond acceptors (Lipinski definition) is 3. The molecule has 0 fully saturated rings. The third-order valence-corrected chi connectivity index (χ3v) is 4.11. The summed E-state index contributed by atoms with van der Waals surface area (Å²) in [5.74, 6) is 1.72. The van der Waals surface area contributed by atoms with Crippen LogP contribution >= 0.6 is 11.6 Å². The molecule has 0 aliphatic heterocycles. The van der Waals surface area contributed by atoms with E-state index in [9.17, 15) is 0 Å². The smallest absolute Gasteiger partial charge is 0.141 e. The molecule has 0 aliphatic rings. The van der Waals surface area contributed by atoms with Crippen LogP contribution in [0.2, 0.25) is 5.02 Å². The highest BCUT2D eigenvalue weighted by atomic mass is 35.5. The molecule has 2 aromatic heterocycles. The maximum Gasteiger partial charge on any atom is 0.141 e. The van der Waals surface area contributed by atoms with Gasteiger partial charge in [-0.15, -0.1) is 0 Å². The van der Waals surface area contributed by atoms with Crippen LogP contribution in [0.4, 0.5) is 5.82 Å². The van der Waals surface area contributed by atoms with E-state index >= 15 is 0 Å². The first-order valence-electron chi connectivity index (χ1n) is 7.03. The Labute approximate surface area is 134 Å². The summed E-state index contributed by atoms with van der Waals surface area (Å²) in [6, 6.07) is 9.83. The summed E-state index contributed by atoms with van der Waals surface area (Å²) >= 11 is 6.21. The molecule has 2 heterocycles. The molecule has 3 rings (SSSR count). The van der Waals surface area contributed by atoms with Crippen molar-refractivity contribution in [2.75, 3.05) is 12.4 Å². The van der Waals surface area contributed by atoms with Crippen molar-refractivity contribution in [3.63, 3.8) is 0 Å². The molecule has 1 aromatic carbocycles. The van der Waals surface area contributed by atoms with Crippen molar-refractivity contribution >= 4 is 17.4 Å². The van der Waals surface area contributed by atoms with Gasteiger partial charge in [0.05, 0.1) is 5.69 Å². The highest BCUT2D eigenvalue weighted by Gasteiger charge is 2.12. The van der Waals surface area contributed by atoms with Gasteiger partial charge in [-0.3, -0.25) is 0 Å². The first-order valence-corrected chi connectivity index (χ1v) is 7.41. The van der Waals surface area contributed by atoms with Gasteiger partial charge >= 0.3 is 0 Å². The minimum atomic E-state index is 0.754. The minimum absolute atomic E-state index is 0.754. The molecule has 1 N–H and O–H groups in total. The third-order valence-electron chi connectivity index (χ3n) is 3.70. The number of halogens is 1. The molecular weight excluding hydrogens is 296 g/mol. The quantitative estimate of drug-likeness (QED) is 0.790. The fourth-order valence-electron chi connectivity index (χ4n) is 2.42. The van der Waals surface area contributed by atoms with Gasteiger partial charge in [0.2, 0.25) is 0 Å². The van der Waals surface area contributed by atoms with E-state index in [1.807, 2.05) is 68.3 Å². The summed E-state index contributed by atoms with van der Waals surface area (Å²) in [6.45, 7) is 2.01. The molecule has 0 amide bonds. The highest BCUT2D eigenvalue weighted by Crippen LogP contribution is 2.29. The van der Waals surface area contributed by atoms with Gasteiger partial charge in [-0.2, -0.15) is 0 Å². The van der Waals surface area contributed by atoms with Gasteiger partial charge in [0.15, 0.2) is 0 Å². The molecule has 22 heavy (non-hydrogen) atoms. The zero-order valence-corrected chi connectivity index (χ0v) is 13.5. The van der Waals surface area contributed by atoms with E-state index in [4.69, 9.17) is 16.6 Å². The summed E-state index contributed by atoms with van der Waals surface area (Å²) in [6.07, 6.45) is 3.84. The van der Waals surface area contributed by atoms with Crippen LogP contribution in [0.1, 0.15) is 5.56 Å². The Morgan fingerprint density at radius 3 is 2.68 bits per heavy atom. The third kappa shape index (κ3) is 2.57. The van der Waals surface area contributed by atoms with Gasteiger partial charge < -0.3 is 9.88 Å². The molecule has 0 atom stereocenters. The fourth-order valence-corrected chi connectivity index (χ4v) is 2.60. The molecule has 0 spiro atoms. The van der Waals surface area contributed by atoms with Crippen molar-refractivity contribution in [1.82, 2.24) is 14.5 Å². The lowest BCUT2D eigenvalue weighted by Gasteiger charge is -2.04. The Hall–Kier alpha value is -2.33. The number of anilines is 1. The number of imidazole rings is 1. The van der Waals surface area contributed by atoms with Crippen LogP contribution in [0.15, 0.2) is 42.7 Å². The maximum atomic E-state index is 6.21. The average Bonchev–Trinajstić information content (AvgIpc) is 2.92. The molecule has 4 nitrogen and oxygen atoms in total. The summed E-state index contributed by atoms with van der Waals surface area (Å²) in [5, 5.41) is 3.77. The van der Waals surface area contributed by atoms with Crippen LogP contribution < -0.4 is 5.32 Å². The van der Waals surface area contributed by atoms with Gasteiger partial charge in [-0.1, -0.05) is 23.7 Å². The first kappa shape index (κ1) is 14.6. The van der Waals surface area contributed by atoms with Crippen molar-refractivity contribution < 1.29 is 0 Å². The summed E-state index contributed by atoms with van der Waals surface area (Å²) in [7, 11) is 3.83. The van der Waals surface area contributed by atoms with Gasteiger partial charge in [0.1, 0.15) is 11.6 Å². The van der Waals surface area contributed by atoms with Crippen LogP contribution in [0, 0.1) is 6.92 Å². The predicted octanol–water partition coefficient (Wildman–Crippen LogP) is 4.15. The Bertz CT molecular complexity index is 806. The Balaban J connectivity index is 2.05. The number of aryl methyl sites for hydroxylation is 1. The standard InChI is InChI=1S/C17H17ClN4/c1-11-13(5-4-6-14(11)18)15-10-22(3)17(21-15)12-7-8-16(19-2)20-9-12/h4-10H,1-3H3,(H,19,20). The predicted molar refractivity (Wildman–Crippen MR) is 91.2 cm³/mol. The lowest BCUT2D eigenvalue weighted by molar-refractivity contribution is 0.923. The molecule has 112 valence electrons. The monoisotopic (exact) mass is 312 g/mol. The van der Waals surface area contributed by atoms with E-state index in [-0.39, 0.29) is 0 Å². The molecule has 0 saturated carbocycles. The van der Waals surface area contributed by atoms with Crippen LogP contribution in [0.5, 0.6) is 0 Å². The Morgan fingerprint density at radius 1 is 1.18 bits per heavy atom. The lowest BCUT2D eigenvalue weighted by Crippen LogP contribution is -1.94. The largest absolute Gasteiger partial charge is 0.373 e. The molecule has 0 aliphatic carbocycles. The first-order chi connectivity index (χ1) is 10.6. The summed E-state index contributed by atoms with van der Waals surface area (Å²) in [5.41, 5.74) is 3.98. The number of nitrogens with one attached hydrogen (secondary N) is 1. The van der Waals surface area contributed by atoms with Gasteiger partial charge in [0, 0.05) is 42.6 Å². The highest BCUT2D eigenvalue weighted by molar-refractivity contribution is 6.31. The van der Waals surface area contributed by atoms with E-state index in [1.165, 1.54) is 0 Å². The van der Waals surface area contributed by atoms with Crippen LogP contribution in [-0.2, 0) is 7.05 Å². The van der Waals surface area contributed by atoms with Crippen molar-refractivity contribution in [3.8, 4) is 22.6 Å². The van der Waals surface area contributed by atoms with E-state index in [2.05, 4.69) is 10.3 Å². The van der Waals surface area contributed by atoms with E-state index in [0.717, 1.165) is 39.0 Å².